The molecule has 1 aliphatic carbocycles. The molecular weight excluding hydrogens is 500 g/mol. The molecule has 5 rings (SSSR count). The molecular formula is C27H40N8O4. The molecule has 2 aromatic rings. The van der Waals surface area contributed by atoms with E-state index in [0.717, 1.165) is 24.2 Å². The van der Waals surface area contributed by atoms with E-state index in [4.69, 9.17) is 0 Å². The summed E-state index contributed by atoms with van der Waals surface area (Å²) in [5, 5.41) is 32.2. The van der Waals surface area contributed by atoms with Crippen LogP contribution in [0.4, 0.5) is 5.95 Å². The standard InChI is InChI=1S/C27H40N8O4/c1-15(2)19-11-22(37)30-26(29-19)33-9-8-17(12-33)28-24(38)21-10-18(36)13-34(21)25(39)23(27(3,4)5)35-14-20(31-32-35)16-6-7-16/h11,14-18,21,23,36H,6-10,12-13H2,1-5H3,(H,28,38)(H,29,30,37)/t17?,18-,21+,23-/m1/s1. The fraction of sp³-hybridized carbons (Fsp3) is 0.704. The maximum atomic E-state index is 13.9. The minimum atomic E-state index is -0.779. The summed E-state index contributed by atoms with van der Waals surface area (Å²) in [5.41, 5.74) is 1.17. The number of aromatic hydroxyl groups is 1. The first kappa shape index (κ1) is 27.3. The van der Waals surface area contributed by atoms with E-state index in [1.807, 2.05) is 45.7 Å². The maximum absolute atomic E-state index is 13.9. The van der Waals surface area contributed by atoms with Gasteiger partial charge in [-0.25, -0.2) is 9.67 Å². The lowest BCUT2D eigenvalue weighted by molar-refractivity contribution is -0.144. The number of hydrogen-bond donors (Lipinski definition) is 3. The van der Waals surface area contributed by atoms with Crippen LogP contribution in [0.25, 0.3) is 0 Å². The van der Waals surface area contributed by atoms with Crippen molar-refractivity contribution < 1.29 is 19.8 Å². The predicted molar refractivity (Wildman–Crippen MR) is 143 cm³/mol. The normalized spacial score (nSPS) is 24.4. The molecule has 0 aromatic carbocycles. The quantitative estimate of drug-likeness (QED) is 0.477. The number of rotatable bonds is 7. The molecule has 212 valence electrons. The Bertz CT molecular complexity index is 1220. The van der Waals surface area contributed by atoms with Gasteiger partial charge in [-0.15, -0.1) is 5.10 Å². The summed E-state index contributed by atoms with van der Waals surface area (Å²) in [6.45, 7) is 11.1. The van der Waals surface area contributed by atoms with Gasteiger partial charge in [-0.05, 0) is 30.6 Å². The van der Waals surface area contributed by atoms with Crippen LogP contribution in [0.3, 0.4) is 0 Å². The number of aromatic nitrogens is 5. The Morgan fingerprint density at radius 1 is 1.13 bits per heavy atom. The van der Waals surface area contributed by atoms with Crippen LogP contribution in [0.2, 0.25) is 0 Å². The molecule has 2 aromatic heterocycles. The minimum Gasteiger partial charge on any atom is -0.493 e. The number of carbonyl (C=O) groups excluding carboxylic acids is 2. The first-order chi connectivity index (χ1) is 18.4. The number of β-amino-alcohol motifs (C(OH)–C–C–N with tert-alkyl or cyclic N) is 1. The fourth-order valence-electron chi connectivity index (χ4n) is 5.56. The van der Waals surface area contributed by atoms with Crippen molar-refractivity contribution in [2.75, 3.05) is 24.5 Å². The molecule has 3 aliphatic rings. The number of amides is 2. The average molecular weight is 541 g/mol. The molecule has 3 fully saturated rings. The van der Waals surface area contributed by atoms with Crippen LogP contribution in [-0.2, 0) is 9.59 Å². The lowest BCUT2D eigenvalue weighted by atomic mass is 9.85. The number of carbonyl (C=O) groups is 2. The Balaban J connectivity index is 1.28. The monoisotopic (exact) mass is 540 g/mol. The second-order valence-corrected chi connectivity index (χ2v) is 12.6. The van der Waals surface area contributed by atoms with Gasteiger partial charge in [-0.2, -0.15) is 4.98 Å². The molecule has 39 heavy (non-hydrogen) atoms. The predicted octanol–water partition coefficient (Wildman–Crippen LogP) is 1.72. The van der Waals surface area contributed by atoms with E-state index in [1.54, 1.807) is 10.7 Å². The van der Waals surface area contributed by atoms with Crippen LogP contribution in [0.1, 0.15) is 89.6 Å². The lowest BCUT2D eigenvalue weighted by Gasteiger charge is -2.34. The Kier molecular flexibility index (Phi) is 7.25. The summed E-state index contributed by atoms with van der Waals surface area (Å²) in [7, 11) is 0. The van der Waals surface area contributed by atoms with Crippen LogP contribution in [-0.4, -0.2) is 89.7 Å². The van der Waals surface area contributed by atoms with Crippen molar-refractivity contribution in [1.82, 2.24) is 35.2 Å². The van der Waals surface area contributed by atoms with Crippen LogP contribution in [0.5, 0.6) is 5.88 Å². The zero-order valence-corrected chi connectivity index (χ0v) is 23.4. The third kappa shape index (κ3) is 5.85. The van der Waals surface area contributed by atoms with Gasteiger partial charge in [-0.3, -0.25) is 9.59 Å². The van der Waals surface area contributed by atoms with Gasteiger partial charge in [0.25, 0.3) is 0 Å². The lowest BCUT2D eigenvalue weighted by Crippen LogP contribution is -2.52. The number of nitrogens with zero attached hydrogens (tertiary/aromatic N) is 7. The van der Waals surface area contributed by atoms with Crippen molar-refractivity contribution in [1.29, 1.82) is 0 Å². The summed E-state index contributed by atoms with van der Waals surface area (Å²) in [6, 6.07) is -0.0341. The Morgan fingerprint density at radius 2 is 1.87 bits per heavy atom. The zero-order valence-electron chi connectivity index (χ0n) is 23.4. The third-order valence-electron chi connectivity index (χ3n) is 7.84. The van der Waals surface area contributed by atoms with Gasteiger partial charge in [0, 0.05) is 50.3 Å². The fourth-order valence-corrected chi connectivity index (χ4v) is 5.56. The van der Waals surface area contributed by atoms with Gasteiger partial charge >= 0.3 is 0 Å². The number of aliphatic hydroxyl groups excluding tert-OH is 1. The molecule has 12 nitrogen and oxygen atoms in total. The van der Waals surface area contributed by atoms with E-state index < -0.39 is 23.6 Å². The summed E-state index contributed by atoms with van der Waals surface area (Å²) >= 11 is 0. The Morgan fingerprint density at radius 3 is 2.54 bits per heavy atom. The molecule has 2 amide bonds. The largest absolute Gasteiger partial charge is 0.493 e. The molecule has 4 atom stereocenters. The van der Waals surface area contributed by atoms with E-state index in [9.17, 15) is 19.8 Å². The number of anilines is 1. The van der Waals surface area contributed by atoms with Crippen molar-refractivity contribution in [2.24, 2.45) is 5.41 Å². The highest BCUT2D eigenvalue weighted by molar-refractivity contribution is 5.90. The first-order valence-electron chi connectivity index (χ1n) is 13.9. The van der Waals surface area contributed by atoms with Gasteiger partial charge < -0.3 is 25.3 Å². The first-order valence-corrected chi connectivity index (χ1v) is 13.9. The molecule has 0 spiro atoms. The summed E-state index contributed by atoms with van der Waals surface area (Å²) in [5.74, 6) is 0.396. The van der Waals surface area contributed by atoms with E-state index >= 15 is 0 Å². The molecule has 12 heteroatoms. The molecule has 2 saturated heterocycles. The van der Waals surface area contributed by atoms with Crippen molar-refractivity contribution in [3.8, 4) is 5.88 Å². The van der Waals surface area contributed by atoms with Gasteiger partial charge in [0.15, 0.2) is 0 Å². The summed E-state index contributed by atoms with van der Waals surface area (Å²) < 4.78 is 1.63. The van der Waals surface area contributed by atoms with Crippen LogP contribution < -0.4 is 10.2 Å². The molecule has 3 N–H and O–H groups in total. The zero-order chi connectivity index (χ0) is 28.1. The highest BCUT2D eigenvalue weighted by atomic mass is 16.3. The number of nitrogens with one attached hydrogen (secondary N) is 1. The van der Waals surface area contributed by atoms with E-state index in [2.05, 4.69) is 25.6 Å². The Labute approximate surface area is 228 Å². The topological polar surface area (TPSA) is 150 Å². The summed E-state index contributed by atoms with van der Waals surface area (Å²) in [4.78, 5) is 39.6. The smallest absolute Gasteiger partial charge is 0.248 e. The Hall–Kier alpha value is -3.28. The van der Waals surface area contributed by atoms with Crippen molar-refractivity contribution >= 4 is 17.8 Å². The van der Waals surface area contributed by atoms with Gasteiger partial charge in [0.2, 0.25) is 23.6 Å². The van der Waals surface area contributed by atoms with E-state index in [0.29, 0.717) is 31.4 Å². The van der Waals surface area contributed by atoms with Crippen LogP contribution in [0.15, 0.2) is 12.3 Å². The van der Waals surface area contributed by atoms with Crippen molar-refractivity contribution in [2.45, 2.75) is 96.4 Å². The van der Waals surface area contributed by atoms with Gasteiger partial charge in [-0.1, -0.05) is 39.8 Å². The highest BCUT2D eigenvalue weighted by Crippen LogP contribution is 2.40. The average Bonchev–Trinajstić information content (AvgIpc) is 3.22. The second-order valence-electron chi connectivity index (χ2n) is 12.6. The van der Waals surface area contributed by atoms with Gasteiger partial charge in [0.1, 0.15) is 12.1 Å². The second kappa shape index (κ2) is 10.4. The molecule has 0 radical (unpaired) electrons. The minimum absolute atomic E-state index is 0.0738. The third-order valence-corrected chi connectivity index (χ3v) is 7.84. The highest BCUT2D eigenvalue weighted by Gasteiger charge is 2.46. The van der Waals surface area contributed by atoms with Gasteiger partial charge in [0.05, 0.1) is 17.5 Å². The molecule has 2 aliphatic heterocycles. The number of aliphatic hydroxyl groups is 1. The summed E-state index contributed by atoms with van der Waals surface area (Å²) in [6.07, 6.45) is 4.11. The SMILES string of the molecule is CC(C)c1cc(O)nc(N2CCC(NC(=O)[C@@H]3C[C@@H](O)CN3C(=O)[C@@H](n3cc(C4CC4)nn3)C(C)(C)C)C2)n1. The van der Waals surface area contributed by atoms with Crippen molar-refractivity contribution in [3.63, 3.8) is 0 Å². The molecule has 0 bridgehead atoms. The van der Waals surface area contributed by atoms with Crippen molar-refractivity contribution in [3.05, 3.63) is 23.7 Å². The number of likely N-dealkylation sites (tertiary alicyclic amines) is 1. The van der Waals surface area contributed by atoms with E-state index in [-0.39, 0.29) is 42.6 Å². The number of hydrogen-bond acceptors (Lipinski definition) is 9. The molecule has 1 saturated carbocycles. The van der Waals surface area contributed by atoms with Crippen LogP contribution in [0, 0.1) is 5.41 Å². The molecule has 4 heterocycles. The van der Waals surface area contributed by atoms with E-state index in [1.165, 1.54) is 4.90 Å². The maximum Gasteiger partial charge on any atom is 0.248 e. The van der Waals surface area contributed by atoms with Crippen LogP contribution >= 0.6 is 0 Å². The molecule has 1 unspecified atom stereocenters.